The van der Waals surface area contributed by atoms with Crippen LogP contribution in [0.25, 0.3) is 0 Å². The van der Waals surface area contributed by atoms with Gasteiger partial charge in [-0.25, -0.2) is 0 Å². The van der Waals surface area contributed by atoms with Crippen LogP contribution in [0.3, 0.4) is 0 Å². The van der Waals surface area contributed by atoms with Gasteiger partial charge in [0.05, 0.1) is 11.3 Å². The summed E-state index contributed by atoms with van der Waals surface area (Å²) in [5.41, 5.74) is 12.5. The molecular weight excluding hydrogens is 200 g/mol. The summed E-state index contributed by atoms with van der Waals surface area (Å²) in [5, 5.41) is 7.48. The van der Waals surface area contributed by atoms with Crippen LogP contribution in [0.15, 0.2) is 0 Å². The normalized spacial score (nSPS) is 46.9. The molecule has 4 heteroatoms. The molecule has 92 valence electrons. The van der Waals surface area contributed by atoms with Gasteiger partial charge in [0.15, 0.2) is 0 Å². The number of nitrogens with one attached hydrogen (secondary N) is 2. The molecule has 0 amide bonds. The summed E-state index contributed by atoms with van der Waals surface area (Å²) in [6.07, 6.45) is 9.52. The summed E-state index contributed by atoms with van der Waals surface area (Å²) in [6, 6.07) is 0.698. The summed E-state index contributed by atoms with van der Waals surface area (Å²) in [6.45, 7) is 0. The Bertz CT molecular complexity index is 274. The van der Waals surface area contributed by atoms with Crippen LogP contribution in [0.4, 0.5) is 0 Å². The van der Waals surface area contributed by atoms with Gasteiger partial charge in [0, 0.05) is 12.1 Å². The van der Waals surface area contributed by atoms with Crippen molar-refractivity contribution in [3.8, 4) is 0 Å². The fourth-order valence-electron chi connectivity index (χ4n) is 3.81. The standard InChI is InChI=1S/C12H24N4/c13-9-4-7-12(14)10(8-9)15-11(16-12)5-2-1-3-6-11/h9-10,15-16H,1-8,13-14H2. The predicted octanol–water partition coefficient (Wildman–Crippen LogP) is 0.374. The molecule has 1 spiro atoms. The van der Waals surface area contributed by atoms with E-state index >= 15 is 0 Å². The molecule has 3 fully saturated rings. The molecule has 6 N–H and O–H groups in total. The van der Waals surface area contributed by atoms with E-state index in [0.29, 0.717) is 12.1 Å². The first kappa shape index (κ1) is 11.0. The Kier molecular flexibility index (Phi) is 2.51. The van der Waals surface area contributed by atoms with Gasteiger partial charge in [0.25, 0.3) is 0 Å². The van der Waals surface area contributed by atoms with E-state index in [4.69, 9.17) is 11.5 Å². The molecule has 1 saturated heterocycles. The van der Waals surface area contributed by atoms with Gasteiger partial charge in [-0.3, -0.25) is 10.6 Å². The SMILES string of the molecule is NC1CCC2(N)NC3(CCCCC3)NC2C1. The smallest absolute Gasteiger partial charge is 0.0835 e. The van der Waals surface area contributed by atoms with E-state index in [-0.39, 0.29) is 11.3 Å². The second-order valence-electron chi connectivity index (χ2n) is 6.04. The maximum Gasteiger partial charge on any atom is 0.0835 e. The average Bonchev–Trinajstić information content (AvgIpc) is 2.51. The number of hydrogen-bond acceptors (Lipinski definition) is 4. The van der Waals surface area contributed by atoms with Crippen LogP contribution >= 0.6 is 0 Å². The number of fused-ring (bicyclic) bond motifs is 1. The summed E-state index contributed by atoms with van der Waals surface area (Å²) < 4.78 is 0. The average molecular weight is 224 g/mol. The van der Waals surface area contributed by atoms with Gasteiger partial charge in [-0.05, 0) is 32.1 Å². The second kappa shape index (κ2) is 3.67. The molecule has 16 heavy (non-hydrogen) atoms. The summed E-state index contributed by atoms with van der Waals surface area (Å²) >= 11 is 0. The molecule has 1 heterocycles. The van der Waals surface area contributed by atoms with Crippen molar-refractivity contribution in [1.29, 1.82) is 0 Å². The van der Waals surface area contributed by atoms with E-state index in [1.807, 2.05) is 0 Å². The number of hydrogen-bond donors (Lipinski definition) is 4. The van der Waals surface area contributed by atoms with Crippen LogP contribution < -0.4 is 22.1 Å². The Morgan fingerprint density at radius 1 is 1.06 bits per heavy atom. The zero-order valence-electron chi connectivity index (χ0n) is 9.97. The summed E-state index contributed by atoms with van der Waals surface area (Å²) in [7, 11) is 0. The van der Waals surface area contributed by atoms with Crippen molar-refractivity contribution in [2.24, 2.45) is 11.5 Å². The first-order chi connectivity index (χ1) is 7.62. The molecule has 4 nitrogen and oxygen atoms in total. The van der Waals surface area contributed by atoms with Crippen LogP contribution in [-0.2, 0) is 0 Å². The quantitative estimate of drug-likeness (QED) is 0.480. The number of nitrogens with two attached hydrogens (primary N) is 2. The third kappa shape index (κ3) is 1.68. The molecule has 2 aliphatic carbocycles. The topological polar surface area (TPSA) is 76.1 Å². The van der Waals surface area contributed by atoms with Crippen molar-refractivity contribution in [3.05, 3.63) is 0 Å². The monoisotopic (exact) mass is 224 g/mol. The Morgan fingerprint density at radius 2 is 1.81 bits per heavy atom. The largest absolute Gasteiger partial charge is 0.328 e. The lowest BCUT2D eigenvalue weighted by Crippen LogP contribution is -2.63. The molecule has 3 unspecified atom stereocenters. The van der Waals surface area contributed by atoms with Gasteiger partial charge in [-0.15, -0.1) is 0 Å². The van der Waals surface area contributed by atoms with Crippen LogP contribution in [0.1, 0.15) is 51.4 Å². The van der Waals surface area contributed by atoms with Crippen LogP contribution in [0, 0.1) is 0 Å². The second-order valence-corrected chi connectivity index (χ2v) is 6.04. The lowest BCUT2D eigenvalue weighted by molar-refractivity contribution is 0.196. The zero-order valence-corrected chi connectivity index (χ0v) is 9.97. The Morgan fingerprint density at radius 3 is 2.56 bits per heavy atom. The van der Waals surface area contributed by atoms with Crippen molar-refractivity contribution in [2.75, 3.05) is 0 Å². The first-order valence-electron chi connectivity index (χ1n) is 6.73. The molecule has 0 aromatic rings. The van der Waals surface area contributed by atoms with Gasteiger partial charge in [-0.2, -0.15) is 0 Å². The minimum atomic E-state index is -0.201. The van der Waals surface area contributed by atoms with Gasteiger partial charge < -0.3 is 11.5 Å². The van der Waals surface area contributed by atoms with E-state index in [1.54, 1.807) is 0 Å². The predicted molar refractivity (Wildman–Crippen MR) is 64.6 cm³/mol. The van der Waals surface area contributed by atoms with Crippen LogP contribution in [-0.4, -0.2) is 23.4 Å². The minimum Gasteiger partial charge on any atom is -0.328 e. The lowest BCUT2D eigenvalue weighted by Gasteiger charge is -2.38. The fourth-order valence-corrected chi connectivity index (χ4v) is 3.81. The molecule has 1 aliphatic heterocycles. The Labute approximate surface area is 97.5 Å². The highest BCUT2D eigenvalue weighted by molar-refractivity contribution is 5.12. The molecule has 2 saturated carbocycles. The van der Waals surface area contributed by atoms with Gasteiger partial charge in [0.1, 0.15) is 0 Å². The Balaban J connectivity index is 1.78. The molecule has 0 radical (unpaired) electrons. The van der Waals surface area contributed by atoms with Crippen molar-refractivity contribution in [2.45, 2.75) is 74.8 Å². The molecule has 3 atom stereocenters. The minimum absolute atomic E-state index is 0.127. The summed E-state index contributed by atoms with van der Waals surface area (Å²) in [4.78, 5) is 0. The number of rotatable bonds is 0. The zero-order chi connectivity index (χ0) is 11.2. The van der Waals surface area contributed by atoms with Crippen molar-refractivity contribution in [1.82, 2.24) is 10.6 Å². The third-order valence-electron chi connectivity index (χ3n) is 4.72. The highest BCUT2D eigenvalue weighted by Gasteiger charge is 2.53. The molecule has 0 aromatic heterocycles. The molecule has 0 aromatic carbocycles. The molecular formula is C12H24N4. The van der Waals surface area contributed by atoms with E-state index in [1.165, 1.54) is 32.1 Å². The maximum atomic E-state index is 6.50. The lowest BCUT2D eigenvalue weighted by atomic mass is 9.83. The highest BCUT2D eigenvalue weighted by Crippen LogP contribution is 2.38. The van der Waals surface area contributed by atoms with E-state index in [0.717, 1.165) is 19.3 Å². The molecule has 3 aliphatic rings. The highest BCUT2D eigenvalue weighted by atomic mass is 15.4. The van der Waals surface area contributed by atoms with E-state index in [9.17, 15) is 0 Å². The van der Waals surface area contributed by atoms with Crippen LogP contribution in [0.2, 0.25) is 0 Å². The van der Waals surface area contributed by atoms with Gasteiger partial charge >= 0.3 is 0 Å². The van der Waals surface area contributed by atoms with Gasteiger partial charge in [0.2, 0.25) is 0 Å². The van der Waals surface area contributed by atoms with Crippen molar-refractivity contribution >= 4 is 0 Å². The van der Waals surface area contributed by atoms with Crippen molar-refractivity contribution in [3.63, 3.8) is 0 Å². The van der Waals surface area contributed by atoms with Crippen molar-refractivity contribution < 1.29 is 0 Å². The molecule has 0 bridgehead atoms. The maximum absolute atomic E-state index is 6.50. The molecule has 3 rings (SSSR count). The third-order valence-corrected chi connectivity index (χ3v) is 4.72. The summed E-state index contributed by atoms with van der Waals surface area (Å²) in [5.74, 6) is 0. The van der Waals surface area contributed by atoms with Crippen LogP contribution in [0.5, 0.6) is 0 Å². The Hall–Kier alpha value is -0.160. The fraction of sp³-hybridized carbons (Fsp3) is 1.00. The van der Waals surface area contributed by atoms with E-state index in [2.05, 4.69) is 10.6 Å². The van der Waals surface area contributed by atoms with Gasteiger partial charge in [-0.1, -0.05) is 19.3 Å². The van der Waals surface area contributed by atoms with E-state index < -0.39 is 0 Å². The first-order valence-corrected chi connectivity index (χ1v) is 6.73.